The van der Waals surface area contributed by atoms with Gasteiger partial charge >= 0.3 is 0 Å². The molecule has 1 amide bonds. The van der Waals surface area contributed by atoms with Gasteiger partial charge in [-0.2, -0.15) is 5.10 Å². The second kappa shape index (κ2) is 9.51. The normalized spacial score (nSPS) is 11.3. The molecule has 0 spiro atoms. The lowest BCUT2D eigenvalue weighted by atomic mass is 10.2. The van der Waals surface area contributed by atoms with Crippen LogP contribution < -0.4 is 10.2 Å². The van der Waals surface area contributed by atoms with Gasteiger partial charge in [0.25, 0.3) is 5.91 Å². The van der Waals surface area contributed by atoms with Crippen LogP contribution >= 0.6 is 11.8 Å². The van der Waals surface area contributed by atoms with Crippen LogP contribution in [0.3, 0.4) is 0 Å². The summed E-state index contributed by atoms with van der Waals surface area (Å²) in [6.07, 6.45) is 1.68. The maximum absolute atomic E-state index is 13.1. The molecule has 0 aliphatic heterocycles. The highest BCUT2D eigenvalue weighted by atomic mass is 32.2. The third-order valence-electron chi connectivity index (χ3n) is 4.99. The van der Waals surface area contributed by atoms with Gasteiger partial charge in [0.05, 0.1) is 16.6 Å². The zero-order valence-corrected chi connectivity index (χ0v) is 19.5. The zero-order chi connectivity index (χ0) is 21.8. The molecule has 0 aliphatic rings. The van der Waals surface area contributed by atoms with E-state index in [1.165, 1.54) is 11.3 Å². The van der Waals surface area contributed by atoms with E-state index in [4.69, 9.17) is 0 Å². The van der Waals surface area contributed by atoms with E-state index in [1.54, 1.807) is 22.6 Å². The summed E-state index contributed by atoms with van der Waals surface area (Å²) in [5, 5.41) is 8.91. The van der Waals surface area contributed by atoms with Crippen LogP contribution in [0.1, 0.15) is 42.4 Å². The van der Waals surface area contributed by atoms with Crippen LogP contribution in [0.25, 0.3) is 11.0 Å². The van der Waals surface area contributed by atoms with Crippen molar-refractivity contribution in [1.29, 1.82) is 0 Å². The second-order valence-corrected chi connectivity index (χ2v) is 9.34. The number of benzene rings is 1. The van der Waals surface area contributed by atoms with Crippen LogP contribution in [0.5, 0.6) is 0 Å². The molecule has 0 bridgehead atoms. The van der Waals surface area contributed by atoms with Crippen LogP contribution in [0, 0.1) is 13.8 Å². The zero-order valence-electron chi connectivity index (χ0n) is 18.7. The number of hydrogen-bond donors (Lipinski definition) is 1. The van der Waals surface area contributed by atoms with Gasteiger partial charge in [-0.3, -0.25) is 9.48 Å². The molecule has 7 heteroatoms. The molecule has 1 aromatic carbocycles. The van der Waals surface area contributed by atoms with Crippen molar-refractivity contribution < 1.29 is 4.79 Å². The number of pyridine rings is 1. The predicted octanol–water partition coefficient (Wildman–Crippen LogP) is 4.34. The van der Waals surface area contributed by atoms with E-state index in [-0.39, 0.29) is 5.91 Å². The first kappa shape index (κ1) is 22.2. The van der Waals surface area contributed by atoms with Crippen LogP contribution in [0.15, 0.2) is 35.4 Å². The molecule has 2 heterocycles. The number of nitrogens with one attached hydrogen (secondary N) is 1. The van der Waals surface area contributed by atoms with Crippen molar-refractivity contribution in [2.24, 2.45) is 7.05 Å². The monoisotopic (exact) mass is 425 g/mol. The highest BCUT2D eigenvalue weighted by Crippen LogP contribution is 2.34. The van der Waals surface area contributed by atoms with E-state index in [1.807, 2.05) is 14.0 Å². The summed E-state index contributed by atoms with van der Waals surface area (Å²) >= 11 is 1.69. The lowest BCUT2D eigenvalue weighted by Crippen LogP contribution is -2.35. The number of carbonyl (C=O) groups excluding carboxylic acids is 1. The van der Waals surface area contributed by atoms with Gasteiger partial charge in [0.15, 0.2) is 5.65 Å². The summed E-state index contributed by atoms with van der Waals surface area (Å²) in [4.78, 5) is 20.8. The van der Waals surface area contributed by atoms with Crippen molar-refractivity contribution in [1.82, 2.24) is 20.1 Å². The molecule has 0 unspecified atom stereocenters. The van der Waals surface area contributed by atoms with E-state index in [2.05, 4.69) is 72.3 Å². The average Bonchev–Trinajstić information content (AvgIpc) is 2.99. The van der Waals surface area contributed by atoms with E-state index in [0.29, 0.717) is 17.4 Å². The van der Waals surface area contributed by atoms with E-state index in [0.717, 1.165) is 34.7 Å². The van der Waals surface area contributed by atoms with Gasteiger partial charge in [-0.1, -0.05) is 26.0 Å². The van der Waals surface area contributed by atoms with Crippen LogP contribution in [-0.2, 0) is 7.05 Å². The van der Waals surface area contributed by atoms with Crippen molar-refractivity contribution >= 4 is 34.4 Å². The van der Waals surface area contributed by atoms with Gasteiger partial charge in [0, 0.05) is 48.7 Å². The quantitative estimate of drug-likeness (QED) is 0.544. The first-order chi connectivity index (χ1) is 14.3. The molecule has 160 valence electrons. The standard InChI is InChI=1S/C23H31N5OS/c1-7-28(18-10-8-9-16(4)13-18)12-11-24-23(29)19-14-25-22-20(17(5)26-27(22)6)21(19)30-15(2)3/h8-10,13-15H,7,11-12H2,1-6H3,(H,24,29). The number of aromatic nitrogens is 3. The van der Waals surface area contributed by atoms with Crippen molar-refractivity contribution in [2.45, 2.75) is 44.8 Å². The fourth-order valence-electron chi connectivity index (χ4n) is 3.59. The van der Waals surface area contributed by atoms with Crippen LogP contribution in [0.4, 0.5) is 5.69 Å². The molecule has 3 aromatic rings. The number of rotatable bonds is 8. The Hall–Kier alpha value is -2.54. The number of anilines is 1. The summed E-state index contributed by atoms with van der Waals surface area (Å²) in [5.41, 5.74) is 4.74. The molecule has 0 radical (unpaired) electrons. The van der Waals surface area contributed by atoms with Crippen molar-refractivity contribution in [2.75, 3.05) is 24.5 Å². The molecule has 0 atom stereocenters. The molecule has 2 aromatic heterocycles. The molecular formula is C23H31N5OS. The maximum atomic E-state index is 13.1. The highest BCUT2D eigenvalue weighted by molar-refractivity contribution is 8.00. The number of likely N-dealkylation sites (N-methyl/N-ethyl adjacent to an activating group) is 1. The minimum absolute atomic E-state index is 0.0869. The molecule has 0 fully saturated rings. The summed E-state index contributed by atoms with van der Waals surface area (Å²) in [7, 11) is 1.89. The average molecular weight is 426 g/mol. The van der Waals surface area contributed by atoms with Gasteiger partial charge in [0.1, 0.15) is 0 Å². The van der Waals surface area contributed by atoms with Gasteiger partial charge in [0.2, 0.25) is 0 Å². The molecule has 0 saturated carbocycles. The fraction of sp³-hybridized carbons (Fsp3) is 0.435. The number of carbonyl (C=O) groups is 1. The maximum Gasteiger partial charge on any atom is 0.254 e. The molecule has 1 N–H and O–H groups in total. The fourth-order valence-corrected chi connectivity index (χ4v) is 4.69. The molecule has 30 heavy (non-hydrogen) atoms. The molecule has 0 aliphatic carbocycles. The smallest absolute Gasteiger partial charge is 0.254 e. The first-order valence-electron chi connectivity index (χ1n) is 10.4. The Kier molecular flexibility index (Phi) is 7.02. The summed E-state index contributed by atoms with van der Waals surface area (Å²) < 4.78 is 1.78. The number of aryl methyl sites for hydroxylation is 3. The highest BCUT2D eigenvalue weighted by Gasteiger charge is 2.21. The number of amides is 1. The minimum atomic E-state index is -0.0869. The van der Waals surface area contributed by atoms with Gasteiger partial charge < -0.3 is 10.2 Å². The molecular weight excluding hydrogens is 394 g/mol. The van der Waals surface area contributed by atoms with Crippen LogP contribution in [-0.4, -0.2) is 45.6 Å². The third-order valence-corrected chi connectivity index (χ3v) is 6.12. The Balaban J connectivity index is 1.78. The Bertz CT molecular complexity index is 1040. The van der Waals surface area contributed by atoms with E-state index in [9.17, 15) is 4.79 Å². The number of nitrogens with zero attached hydrogens (tertiary/aromatic N) is 4. The topological polar surface area (TPSA) is 63.1 Å². The van der Waals surface area contributed by atoms with Crippen LogP contribution in [0.2, 0.25) is 0 Å². The number of thioether (sulfide) groups is 1. The summed E-state index contributed by atoms with van der Waals surface area (Å²) in [6.45, 7) is 12.7. The second-order valence-electron chi connectivity index (χ2n) is 7.75. The predicted molar refractivity (Wildman–Crippen MR) is 126 cm³/mol. The third kappa shape index (κ3) is 4.78. The lowest BCUT2D eigenvalue weighted by molar-refractivity contribution is 0.0951. The van der Waals surface area contributed by atoms with Gasteiger partial charge in [-0.05, 0) is 38.5 Å². The summed E-state index contributed by atoms with van der Waals surface area (Å²) in [6, 6.07) is 8.44. The first-order valence-corrected chi connectivity index (χ1v) is 11.3. The minimum Gasteiger partial charge on any atom is -0.370 e. The van der Waals surface area contributed by atoms with E-state index < -0.39 is 0 Å². The Labute approximate surface area is 183 Å². The van der Waals surface area contributed by atoms with Crippen molar-refractivity contribution in [3.05, 3.63) is 47.3 Å². The molecule has 6 nitrogen and oxygen atoms in total. The Morgan fingerprint density at radius 1 is 1.30 bits per heavy atom. The van der Waals surface area contributed by atoms with Crippen molar-refractivity contribution in [3.8, 4) is 0 Å². The Morgan fingerprint density at radius 2 is 2.07 bits per heavy atom. The van der Waals surface area contributed by atoms with E-state index >= 15 is 0 Å². The SMILES string of the molecule is CCN(CCNC(=O)c1cnc2c(c(C)nn2C)c1SC(C)C)c1cccc(C)c1. The van der Waals surface area contributed by atoms with Gasteiger partial charge in [-0.15, -0.1) is 11.8 Å². The number of fused-ring (bicyclic) bond motifs is 1. The number of hydrogen-bond acceptors (Lipinski definition) is 5. The largest absolute Gasteiger partial charge is 0.370 e. The molecule has 3 rings (SSSR count). The lowest BCUT2D eigenvalue weighted by Gasteiger charge is -2.23. The Morgan fingerprint density at radius 3 is 2.73 bits per heavy atom. The van der Waals surface area contributed by atoms with Crippen molar-refractivity contribution in [3.63, 3.8) is 0 Å². The molecule has 0 saturated heterocycles. The van der Waals surface area contributed by atoms with Gasteiger partial charge in [-0.25, -0.2) is 4.98 Å². The summed E-state index contributed by atoms with van der Waals surface area (Å²) in [5.74, 6) is -0.0869.